The Hall–Kier alpha value is -1.18. The van der Waals surface area contributed by atoms with Crippen molar-refractivity contribution < 1.29 is 24.9 Å². The predicted octanol–water partition coefficient (Wildman–Crippen LogP) is 11.9. The quantitative estimate of drug-likeness (QED) is 0.220. The summed E-state index contributed by atoms with van der Waals surface area (Å²) < 4.78 is 0. The molecule has 0 radical (unpaired) electrons. The van der Waals surface area contributed by atoms with Crippen LogP contribution in [0, 0.1) is 81.8 Å². The maximum Gasteiger partial charge on any atom is 0.307 e. The van der Waals surface area contributed by atoms with Crippen molar-refractivity contribution in [2.24, 2.45) is 81.8 Å². The van der Waals surface area contributed by atoms with Crippen LogP contribution in [0.3, 0.4) is 0 Å². The highest BCUT2D eigenvalue weighted by Crippen LogP contribution is 2.66. The van der Waals surface area contributed by atoms with Crippen LogP contribution in [-0.2, 0) is 9.59 Å². The zero-order valence-electron chi connectivity index (χ0n) is 38.6. The number of carboxylic acids is 1. The van der Waals surface area contributed by atoms with Gasteiger partial charge in [-0.3, -0.25) is 9.59 Å². The highest BCUT2D eigenvalue weighted by atomic mass is 16.4. The van der Waals surface area contributed by atoms with Gasteiger partial charge in [0.15, 0.2) is 0 Å². The van der Waals surface area contributed by atoms with Gasteiger partial charge >= 0.3 is 5.97 Å². The second kappa shape index (κ2) is 19.3. The topological polar surface area (TPSA) is 110 Å². The Labute approximate surface area is 374 Å². The largest absolute Gasteiger partial charge is 0.481 e. The van der Waals surface area contributed by atoms with Crippen molar-refractivity contribution >= 4 is 11.9 Å². The van der Waals surface area contributed by atoms with Gasteiger partial charge in [0.2, 0.25) is 5.91 Å². The summed E-state index contributed by atoms with van der Waals surface area (Å²) in [5.41, 5.74) is -0.589. The molecule has 8 aliphatic carbocycles. The van der Waals surface area contributed by atoms with Gasteiger partial charge in [-0.05, 0) is 252 Å². The summed E-state index contributed by atoms with van der Waals surface area (Å²) >= 11 is 0. The van der Waals surface area contributed by atoms with E-state index in [1.165, 1.54) is 109 Å². The number of rotatable bonds is 2. The minimum absolute atomic E-state index is 0. The number of piperidine rings is 2. The molecule has 10 fully saturated rings. The third-order valence-electron chi connectivity index (χ3n) is 20.7. The van der Waals surface area contributed by atoms with E-state index in [4.69, 9.17) is 0 Å². The summed E-state index contributed by atoms with van der Waals surface area (Å²) in [5, 5.41) is 34.0. The van der Waals surface area contributed by atoms with Crippen LogP contribution in [0.2, 0.25) is 0 Å². The molecule has 4 N–H and O–H groups in total. The molecule has 0 spiro atoms. The normalized spacial score (nSPS) is 49.7. The predicted molar refractivity (Wildman–Crippen MR) is 250 cm³/mol. The van der Waals surface area contributed by atoms with E-state index in [1.54, 1.807) is 0 Å². The van der Waals surface area contributed by atoms with Gasteiger partial charge < -0.3 is 25.5 Å². The molecule has 10 rings (SSSR count). The van der Waals surface area contributed by atoms with Crippen LogP contribution in [0.4, 0.5) is 0 Å². The smallest absolute Gasteiger partial charge is 0.307 e. The molecule has 7 nitrogen and oxygen atoms in total. The molecule has 2 heterocycles. The van der Waals surface area contributed by atoms with Gasteiger partial charge in [0.1, 0.15) is 0 Å². The number of amides is 1. The molecule has 0 unspecified atom stereocenters. The molecule has 2 aliphatic heterocycles. The zero-order valence-corrected chi connectivity index (χ0v) is 38.6. The lowest BCUT2D eigenvalue weighted by molar-refractivity contribution is -0.150. The second-order valence-corrected chi connectivity index (χ2v) is 24.3. The van der Waals surface area contributed by atoms with Crippen LogP contribution in [0.5, 0.6) is 0 Å². The van der Waals surface area contributed by atoms with E-state index in [0.717, 1.165) is 111 Å². The van der Waals surface area contributed by atoms with Gasteiger partial charge in [-0.15, -0.1) is 0 Å². The van der Waals surface area contributed by atoms with Gasteiger partial charge in [0.05, 0.1) is 17.1 Å². The van der Waals surface area contributed by atoms with Gasteiger partial charge in [-0.25, -0.2) is 0 Å². The molecule has 0 aromatic heterocycles. The third kappa shape index (κ3) is 9.71. The number of nitrogens with zero attached hydrogens (tertiary/aromatic N) is 1. The first-order chi connectivity index (χ1) is 28.0. The lowest BCUT2D eigenvalue weighted by atomic mass is 9.49. The van der Waals surface area contributed by atoms with Crippen LogP contribution in [-0.4, -0.2) is 68.5 Å². The number of fused-ring (bicyclic) bond motifs is 10. The van der Waals surface area contributed by atoms with Crippen molar-refractivity contribution in [3.05, 3.63) is 0 Å². The zero-order chi connectivity index (χ0) is 41.9. The molecule has 61 heavy (non-hydrogen) atoms. The van der Waals surface area contributed by atoms with Crippen LogP contribution >= 0.6 is 0 Å². The molecular formula is C54H96N2O5. The van der Waals surface area contributed by atoms with Crippen molar-refractivity contribution in [2.75, 3.05) is 13.1 Å². The lowest BCUT2D eigenvalue weighted by Crippen LogP contribution is -2.53. The number of hydrogen-bond donors (Lipinski definition) is 4. The first-order valence-electron chi connectivity index (χ1n) is 25.7. The van der Waals surface area contributed by atoms with Crippen LogP contribution in [0.1, 0.15) is 210 Å². The van der Waals surface area contributed by atoms with E-state index in [2.05, 4.69) is 44.8 Å². The molecule has 10 aliphatic rings. The maximum atomic E-state index is 13.6. The molecule has 8 saturated carbocycles. The Morgan fingerprint density at radius 1 is 0.541 bits per heavy atom. The standard InChI is InChI=1S/C26H43NO2.C20H32O3.C6H13N.2CH4/c1-17-6-4-5-15-27(17)24(28)23-10-9-22-21-8-7-18-16-25(2,29)13-11-19(18)20(21)12-14-26(22,23)3;1-19(23)9-7-13-12(11-19)3-4-15-14(13)8-10-20(2)16(15)5-6-17(20)18(21)22;1-6-4-2-3-5-7-6;;/h17-23,29H,4-16H2,1-3H3;12-17,23H,3-11H2,1-2H3,(H,21,22);6-7H,2-5H2,1H3;2*1H4/t17-,18+,19-,20+,21+,22-,23+,25+,26-;12-,13+,14-,15-,16+,17-,19-,20+;6-;;/m010../s1. The molecule has 18 atom stereocenters. The van der Waals surface area contributed by atoms with E-state index in [0.29, 0.717) is 23.8 Å². The molecular weight excluding hydrogens is 757 g/mol. The molecule has 0 bridgehead atoms. The number of aliphatic hydroxyl groups is 2. The highest BCUT2D eigenvalue weighted by Gasteiger charge is 2.61. The third-order valence-corrected chi connectivity index (χ3v) is 20.7. The Kier molecular flexibility index (Phi) is 15.6. The number of carbonyl (C=O) groups is 2. The summed E-state index contributed by atoms with van der Waals surface area (Å²) in [5.74, 6) is 7.86. The fourth-order valence-electron chi connectivity index (χ4n) is 17.6. The van der Waals surface area contributed by atoms with Crippen LogP contribution < -0.4 is 5.32 Å². The molecule has 1 amide bonds. The first kappa shape index (κ1) is 49.3. The Morgan fingerprint density at radius 2 is 1.03 bits per heavy atom. The van der Waals surface area contributed by atoms with E-state index in [1.807, 2.05) is 6.92 Å². The van der Waals surface area contributed by atoms with Crippen LogP contribution in [0.25, 0.3) is 0 Å². The maximum absolute atomic E-state index is 13.6. The Balaban J connectivity index is 0.000000174. The van der Waals surface area contributed by atoms with E-state index < -0.39 is 17.2 Å². The van der Waals surface area contributed by atoms with Gasteiger partial charge in [0, 0.05) is 24.5 Å². The summed E-state index contributed by atoms with van der Waals surface area (Å²) in [4.78, 5) is 27.6. The average molecular weight is 853 g/mol. The minimum atomic E-state index is -0.559. The first-order valence-corrected chi connectivity index (χ1v) is 25.7. The summed E-state index contributed by atoms with van der Waals surface area (Å²) in [6.45, 7) is 15.6. The molecule has 2 saturated heterocycles. The number of hydrogen-bond acceptors (Lipinski definition) is 5. The van der Waals surface area contributed by atoms with Crippen molar-refractivity contribution in [2.45, 2.75) is 234 Å². The summed E-state index contributed by atoms with van der Waals surface area (Å²) in [6, 6.07) is 1.23. The SMILES string of the molecule is C.C.C[C@@]1(O)CC[C@H]2[C@H](CC[C@@H]3[C@@H]2CC[C@]2(C)[C@@H](C(=O)O)CC[C@@H]32)C1.C[C@H]1CCCCN1.C[C@H]1CCCCN1C(=O)[C@H]1CC[C@H]2[C@@H]3CC[C@@H]4C[C@](C)(O)CC[C@@H]4[C@H]3CC[C@]12C. The van der Waals surface area contributed by atoms with Crippen LogP contribution in [0.15, 0.2) is 0 Å². The van der Waals surface area contributed by atoms with E-state index in [-0.39, 0.29) is 37.5 Å². The van der Waals surface area contributed by atoms with Crippen molar-refractivity contribution in [1.82, 2.24) is 10.2 Å². The van der Waals surface area contributed by atoms with Crippen molar-refractivity contribution in [3.8, 4) is 0 Å². The average Bonchev–Trinajstić information content (AvgIpc) is 3.74. The molecule has 0 aromatic rings. The van der Waals surface area contributed by atoms with Gasteiger partial charge in [0.25, 0.3) is 0 Å². The number of carbonyl (C=O) groups excluding carboxylic acids is 1. The highest BCUT2D eigenvalue weighted by molar-refractivity contribution is 5.80. The Morgan fingerprint density at radius 3 is 1.49 bits per heavy atom. The molecule has 0 aromatic carbocycles. The van der Waals surface area contributed by atoms with Gasteiger partial charge in [-0.2, -0.15) is 0 Å². The second-order valence-electron chi connectivity index (χ2n) is 24.3. The number of carboxylic acid groups (broad SMARTS) is 1. The fourth-order valence-corrected chi connectivity index (χ4v) is 17.6. The minimum Gasteiger partial charge on any atom is -0.481 e. The van der Waals surface area contributed by atoms with E-state index in [9.17, 15) is 24.9 Å². The molecule has 352 valence electrons. The monoisotopic (exact) mass is 853 g/mol. The lowest BCUT2D eigenvalue weighted by Gasteiger charge is -2.57. The Bertz CT molecular complexity index is 1470. The molecule has 7 heteroatoms. The van der Waals surface area contributed by atoms with Crippen molar-refractivity contribution in [1.29, 1.82) is 0 Å². The number of nitrogens with one attached hydrogen (secondary N) is 1. The number of likely N-dealkylation sites (tertiary alicyclic amines) is 1. The fraction of sp³-hybridized carbons (Fsp3) is 0.963. The number of aliphatic carboxylic acids is 1. The van der Waals surface area contributed by atoms with E-state index >= 15 is 0 Å². The van der Waals surface area contributed by atoms with Crippen molar-refractivity contribution in [3.63, 3.8) is 0 Å². The van der Waals surface area contributed by atoms with Gasteiger partial charge in [-0.1, -0.05) is 35.1 Å². The summed E-state index contributed by atoms with van der Waals surface area (Å²) in [7, 11) is 0. The summed E-state index contributed by atoms with van der Waals surface area (Å²) in [6.07, 6.45) is 28.8.